The van der Waals surface area contributed by atoms with Gasteiger partial charge in [-0.3, -0.25) is 0 Å². The number of carbonyl (C=O) groups is 2. The van der Waals surface area contributed by atoms with Crippen molar-refractivity contribution in [2.75, 3.05) is 12.0 Å². The zero-order valence-corrected chi connectivity index (χ0v) is 18.8. The number of carbonyl (C=O) groups excluding carboxylic acids is 2. The van der Waals surface area contributed by atoms with Crippen LogP contribution in [0.4, 0.5) is 5.95 Å². The molecule has 2 atom stereocenters. The molecule has 0 saturated heterocycles. The fourth-order valence-corrected chi connectivity index (χ4v) is 5.09. The summed E-state index contributed by atoms with van der Waals surface area (Å²) in [5.74, 6) is 0.696. The number of anilines is 1. The average Bonchev–Trinajstić information content (AvgIpc) is 3.23. The summed E-state index contributed by atoms with van der Waals surface area (Å²) >= 11 is -1.29. The van der Waals surface area contributed by atoms with Crippen molar-refractivity contribution in [2.45, 2.75) is 63.3 Å². The molecular weight excluding hydrogens is 423 g/mol. The molecule has 0 aromatic carbocycles. The molecule has 1 heterocycles. The van der Waals surface area contributed by atoms with Crippen molar-refractivity contribution in [3.8, 4) is 0 Å². The Morgan fingerprint density at radius 1 is 1.32 bits per heavy atom. The van der Waals surface area contributed by atoms with Gasteiger partial charge in [0, 0.05) is 0 Å². The SMILES string of the molecule is CCc1nc(NNC(=O)[C@H](CC2CCCC2)CN(O)C=O)nc([As](C)CC)n1. The van der Waals surface area contributed by atoms with E-state index in [0.29, 0.717) is 42.0 Å². The topological polar surface area (TPSA) is 120 Å². The quantitative estimate of drug-likeness (QED) is 0.199. The molecule has 28 heavy (non-hydrogen) atoms. The summed E-state index contributed by atoms with van der Waals surface area (Å²) in [6.45, 7) is 4.08. The van der Waals surface area contributed by atoms with Crippen LogP contribution in [0.15, 0.2) is 0 Å². The van der Waals surface area contributed by atoms with E-state index in [4.69, 9.17) is 0 Å². The third-order valence-corrected chi connectivity index (χ3v) is 8.93. The van der Waals surface area contributed by atoms with Gasteiger partial charge < -0.3 is 0 Å². The Labute approximate surface area is 170 Å². The predicted octanol–water partition coefficient (Wildman–Crippen LogP) is 1.27. The zero-order valence-electron chi connectivity index (χ0n) is 16.9. The molecule has 1 aromatic heterocycles. The standard InChI is InChI=1S/C18H31AsN6O3/c1-4-15-20-17(19(3)5-2)22-18(21-15)24-23-16(27)14(11-25(28)12-26)10-13-8-6-7-9-13/h12-14,28H,4-11H2,1-3H3,(H,23,27)(H,20,21,22,24)/t14-,19?/m1/s1. The number of hydroxylamine groups is 2. The van der Waals surface area contributed by atoms with E-state index in [1.54, 1.807) is 0 Å². The Kier molecular flexibility index (Phi) is 9.11. The van der Waals surface area contributed by atoms with Gasteiger partial charge in [-0.2, -0.15) is 0 Å². The Morgan fingerprint density at radius 2 is 2.04 bits per heavy atom. The first-order chi connectivity index (χ1) is 13.5. The molecule has 1 aliphatic rings. The van der Waals surface area contributed by atoms with Crippen LogP contribution in [0.25, 0.3) is 0 Å². The van der Waals surface area contributed by atoms with Gasteiger partial charge in [0.05, 0.1) is 0 Å². The second kappa shape index (κ2) is 11.3. The van der Waals surface area contributed by atoms with Crippen LogP contribution in [0.3, 0.4) is 0 Å². The molecule has 9 nitrogen and oxygen atoms in total. The van der Waals surface area contributed by atoms with E-state index in [2.05, 4.69) is 38.4 Å². The summed E-state index contributed by atoms with van der Waals surface area (Å²) in [6, 6.07) is 0. The van der Waals surface area contributed by atoms with E-state index in [1.807, 2.05) is 6.92 Å². The molecule has 3 N–H and O–H groups in total. The van der Waals surface area contributed by atoms with Crippen LogP contribution >= 0.6 is 0 Å². The molecule has 0 radical (unpaired) electrons. The zero-order chi connectivity index (χ0) is 20.5. The number of hydrogen-bond acceptors (Lipinski definition) is 7. The number of hydrogen-bond donors (Lipinski definition) is 3. The Balaban J connectivity index is 2.04. The number of rotatable bonds is 11. The van der Waals surface area contributed by atoms with E-state index in [-0.39, 0.29) is 12.5 Å². The molecule has 1 aliphatic carbocycles. The normalized spacial score (nSPS) is 16.4. The molecule has 1 saturated carbocycles. The summed E-state index contributed by atoms with van der Waals surface area (Å²) in [5, 5.41) is 11.1. The second-order valence-electron chi connectivity index (χ2n) is 7.17. The number of nitrogens with zero attached hydrogens (tertiary/aromatic N) is 4. The van der Waals surface area contributed by atoms with Gasteiger partial charge in [0.15, 0.2) is 0 Å². The molecule has 1 aromatic rings. The monoisotopic (exact) mass is 454 g/mol. The molecule has 156 valence electrons. The molecule has 1 fully saturated rings. The van der Waals surface area contributed by atoms with Gasteiger partial charge in [0.1, 0.15) is 0 Å². The first-order valence-electron chi connectivity index (χ1n) is 9.89. The number of hydrazine groups is 1. The number of aryl methyl sites for hydroxylation is 1. The number of amides is 2. The van der Waals surface area contributed by atoms with Crippen LogP contribution in [-0.2, 0) is 16.0 Å². The van der Waals surface area contributed by atoms with Gasteiger partial charge >= 0.3 is 171 Å². The van der Waals surface area contributed by atoms with E-state index < -0.39 is 20.6 Å². The van der Waals surface area contributed by atoms with Gasteiger partial charge in [-0.1, -0.05) is 0 Å². The maximum absolute atomic E-state index is 12.7. The van der Waals surface area contributed by atoms with E-state index in [0.717, 1.165) is 22.7 Å². The van der Waals surface area contributed by atoms with Crippen LogP contribution in [0.1, 0.15) is 51.8 Å². The third-order valence-electron chi connectivity index (χ3n) is 5.09. The summed E-state index contributed by atoms with van der Waals surface area (Å²) in [7, 11) is 0. The Morgan fingerprint density at radius 3 is 2.64 bits per heavy atom. The number of nitrogens with one attached hydrogen (secondary N) is 2. The second-order valence-corrected chi connectivity index (χ2v) is 12.3. The maximum atomic E-state index is 12.7. The fourth-order valence-electron chi connectivity index (χ4n) is 3.33. The van der Waals surface area contributed by atoms with E-state index in [1.165, 1.54) is 12.8 Å². The summed E-state index contributed by atoms with van der Waals surface area (Å²) in [5.41, 5.74) is 7.66. The Bertz CT molecular complexity index is 656. The van der Waals surface area contributed by atoms with Gasteiger partial charge in [-0.15, -0.1) is 0 Å². The van der Waals surface area contributed by atoms with Gasteiger partial charge in [0.25, 0.3) is 0 Å². The summed E-state index contributed by atoms with van der Waals surface area (Å²) in [6.07, 6.45) is 6.15. The van der Waals surface area contributed by atoms with Crippen LogP contribution in [0.2, 0.25) is 10.9 Å². The molecule has 2 amide bonds. The minimum absolute atomic E-state index is 0.0314. The average molecular weight is 454 g/mol. The predicted molar refractivity (Wildman–Crippen MR) is 107 cm³/mol. The van der Waals surface area contributed by atoms with Crippen molar-refractivity contribution >= 4 is 37.5 Å². The van der Waals surface area contributed by atoms with Crippen molar-refractivity contribution < 1.29 is 14.8 Å². The first-order valence-corrected chi connectivity index (χ1v) is 14.0. The molecule has 0 spiro atoms. The van der Waals surface area contributed by atoms with Crippen molar-refractivity contribution in [3.63, 3.8) is 0 Å². The van der Waals surface area contributed by atoms with Crippen molar-refractivity contribution in [1.82, 2.24) is 25.4 Å². The summed E-state index contributed by atoms with van der Waals surface area (Å²) < 4.78 is 0.837. The fraction of sp³-hybridized carbons (Fsp3) is 0.722. The molecule has 10 heteroatoms. The van der Waals surface area contributed by atoms with Crippen LogP contribution in [0.5, 0.6) is 0 Å². The number of aromatic nitrogens is 3. The molecule has 2 rings (SSSR count). The third kappa shape index (κ3) is 6.70. The van der Waals surface area contributed by atoms with Gasteiger partial charge in [-0.05, 0) is 0 Å². The molecule has 0 aliphatic heterocycles. The minimum atomic E-state index is -1.29. The Hall–Kier alpha value is -1.73. The van der Waals surface area contributed by atoms with Crippen LogP contribution < -0.4 is 15.5 Å². The van der Waals surface area contributed by atoms with E-state index in [9.17, 15) is 14.8 Å². The van der Waals surface area contributed by atoms with Crippen molar-refractivity contribution in [3.05, 3.63) is 5.82 Å². The first kappa shape index (κ1) is 22.6. The molecular formula is C18H31AsN6O3. The van der Waals surface area contributed by atoms with Gasteiger partial charge in [-0.25, -0.2) is 0 Å². The van der Waals surface area contributed by atoms with Crippen LogP contribution in [0, 0.1) is 11.8 Å². The van der Waals surface area contributed by atoms with Crippen molar-refractivity contribution in [2.24, 2.45) is 11.8 Å². The van der Waals surface area contributed by atoms with Gasteiger partial charge in [0.2, 0.25) is 0 Å². The molecule has 1 unspecified atom stereocenters. The van der Waals surface area contributed by atoms with Crippen LogP contribution in [-0.4, -0.2) is 58.7 Å². The van der Waals surface area contributed by atoms with E-state index >= 15 is 0 Å². The molecule has 0 bridgehead atoms. The summed E-state index contributed by atoms with van der Waals surface area (Å²) in [4.78, 5) is 36.8. The van der Waals surface area contributed by atoms with Crippen molar-refractivity contribution in [1.29, 1.82) is 0 Å².